The number of ether oxygens (including phenoxy) is 2. The number of carboxylic acid groups (broad SMARTS) is 2. The summed E-state index contributed by atoms with van der Waals surface area (Å²) >= 11 is 0. The molecule has 1 aliphatic carbocycles. The first-order valence-electron chi connectivity index (χ1n) is 15.8. The number of hydrogen-bond acceptors (Lipinski definition) is 9. The molecule has 46 heavy (non-hydrogen) atoms. The van der Waals surface area contributed by atoms with Gasteiger partial charge in [-0.2, -0.15) is 0 Å². The van der Waals surface area contributed by atoms with E-state index in [1.165, 1.54) is 15.9 Å². The fraction of sp³-hybridized carbons (Fsp3) is 0.562. The Kier molecular flexibility index (Phi) is 11.4. The number of benzene rings is 1. The van der Waals surface area contributed by atoms with E-state index >= 15 is 0 Å². The predicted octanol–water partition coefficient (Wildman–Crippen LogP) is 2.73. The number of carbonyl (C=O) groups excluding carboxylic acids is 3. The number of carbonyl (C=O) groups is 5. The molecule has 1 unspecified atom stereocenters. The largest absolute Gasteiger partial charge is 0.481 e. The molecule has 1 aromatic heterocycles. The Morgan fingerprint density at radius 2 is 1.67 bits per heavy atom. The summed E-state index contributed by atoms with van der Waals surface area (Å²) in [5.74, 6) is -3.22. The zero-order valence-electron chi connectivity index (χ0n) is 26.6. The Morgan fingerprint density at radius 3 is 2.24 bits per heavy atom. The third-order valence-electron chi connectivity index (χ3n) is 8.59. The average molecular weight is 642 g/mol. The molecule has 2 aliphatic rings. The van der Waals surface area contributed by atoms with Crippen molar-refractivity contribution in [3.8, 4) is 5.75 Å². The molecule has 3 amide bonds. The van der Waals surface area contributed by atoms with Crippen molar-refractivity contribution in [3.05, 3.63) is 35.5 Å². The van der Waals surface area contributed by atoms with Gasteiger partial charge < -0.3 is 34.8 Å². The first kappa shape index (κ1) is 34.4. The molecule has 2 heterocycles. The van der Waals surface area contributed by atoms with Gasteiger partial charge in [-0.15, -0.1) is 0 Å². The molecule has 1 aliphatic heterocycles. The molecule has 2 aromatic rings. The number of hydrogen-bond donors (Lipinski definition) is 3. The Bertz CT molecular complexity index is 1450. The summed E-state index contributed by atoms with van der Waals surface area (Å²) in [5.41, 5.74) is -0.128. The van der Waals surface area contributed by atoms with E-state index in [0.29, 0.717) is 36.7 Å². The minimum atomic E-state index is -1.41. The number of nitrogens with one attached hydrogen (secondary N) is 1. The summed E-state index contributed by atoms with van der Waals surface area (Å²) in [7, 11) is 0. The summed E-state index contributed by atoms with van der Waals surface area (Å²) in [6, 6.07) is 5.75. The van der Waals surface area contributed by atoms with E-state index < -0.39 is 41.5 Å². The second-order valence-corrected chi connectivity index (χ2v) is 11.5. The van der Waals surface area contributed by atoms with Gasteiger partial charge in [-0.1, -0.05) is 19.9 Å². The summed E-state index contributed by atoms with van der Waals surface area (Å²) in [5, 5.41) is 22.5. The van der Waals surface area contributed by atoms with E-state index in [0.717, 1.165) is 18.7 Å². The lowest BCUT2D eigenvalue weighted by Crippen LogP contribution is -2.56. The molecule has 250 valence electrons. The lowest BCUT2D eigenvalue weighted by Gasteiger charge is -2.38. The van der Waals surface area contributed by atoms with Crippen molar-refractivity contribution in [1.29, 1.82) is 0 Å². The van der Waals surface area contributed by atoms with Crippen LogP contribution in [0.25, 0.3) is 10.9 Å². The van der Waals surface area contributed by atoms with Crippen molar-refractivity contribution >= 4 is 40.7 Å². The number of aromatic nitrogens is 1. The maximum atomic E-state index is 13.6. The highest BCUT2D eigenvalue weighted by Crippen LogP contribution is 2.39. The van der Waals surface area contributed by atoms with E-state index in [2.05, 4.69) is 29.0 Å². The van der Waals surface area contributed by atoms with Gasteiger partial charge in [0.25, 0.3) is 5.91 Å². The second-order valence-electron chi connectivity index (χ2n) is 11.5. The topological polar surface area (TPSA) is 179 Å². The predicted molar refractivity (Wildman–Crippen MR) is 167 cm³/mol. The number of nitrogens with zero attached hydrogens (tertiary/aromatic N) is 4. The lowest BCUT2D eigenvalue weighted by atomic mass is 9.80. The molecular formula is C32H43N5O9. The Hall–Kier alpha value is -4.46. The van der Waals surface area contributed by atoms with E-state index in [9.17, 15) is 34.2 Å². The first-order valence-corrected chi connectivity index (χ1v) is 15.8. The van der Waals surface area contributed by atoms with Crippen molar-refractivity contribution in [2.45, 2.75) is 71.1 Å². The molecule has 0 bridgehead atoms. The fourth-order valence-electron chi connectivity index (χ4n) is 5.62. The summed E-state index contributed by atoms with van der Waals surface area (Å²) < 4.78 is 11.2. The van der Waals surface area contributed by atoms with Crippen LogP contribution in [0.1, 0.15) is 68.9 Å². The van der Waals surface area contributed by atoms with Crippen LogP contribution in [-0.2, 0) is 25.7 Å². The fourth-order valence-corrected chi connectivity index (χ4v) is 5.62. The van der Waals surface area contributed by atoms with Gasteiger partial charge in [0.1, 0.15) is 17.5 Å². The van der Waals surface area contributed by atoms with Crippen molar-refractivity contribution in [3.63, 3.8) is 0 Å². The highest BCUT2D eigenvalue weighted by atomic mass is 16.6. The van der Waals surface area contributed by atoms with Crippen LogP contribution in [0.15, 0.2) is 24.3 Å². The van der Waals surface area contributed by atoms with Crippen molar-refractivity contribution < 1.29 is 43.7 Å². The molecule has 4 rings (SSSR count). The van der Waals surface area contributed by atoms with E-state index in [1.54, 1.807) is 13.0 Å². The lowest BCUT2D eigenvalue weighted by molar-refractivity contribution is -0.163. The third kappa shape index (κ3) is 8.03. The molecule has 0 spiro atoms. The molecule has 0 radical (unpaired) electrons. The monoisotopic (exact) mass is 641 g/mol. The van der Waals surface area contributed by atoms with Gasteiger partial charge in [0.15, 0.2) is 0 Å². The van der Waals surface area contributed by atoms with Gasteiger partial charge in [0, 0.05) is 50.6 Å². The van der Waals surface area contributed by atoms with Crippen LogP contribution >= 0.6 is 0 Å². The molecule has 1 atom stereocenters. The molecular weight excluding hydrogens is 598 g/mol. The molecule has 14 heteroatoms. The Labute approximate surface area is 267 Å². The van der Waals surface area contributed by atoms with Crippen LogP contribution in [0.3, 0.4) is 0 Å². The van der Waals surface area contributed by atoms with Crippen LogP contribution in [0, 0.1) is 0 Å². The molecule has 1 aromatic carbocycles. The molecule has 1 saturated heterocycles. The summed E-state index contributed by atoms with van der Waals surface area (Å²) in [4.78, 5) is 72.5. The standard InChI is InChI=1S/C32H43N5O9/c1-4-35(5-2)20-21-8-9-23-22(18-21)26(46-32(30(42)43)12-7-13-32)19-25(33-23)28(40)34-24(10-11-27(38)39)29(41)36-14-16-37(17-15-36)31(44)45-6-3/h8-9,18-19,24H,4-7,10-17,20H2,1-3H3,(H,34,40)(H,38,39)(H,42,43). The number of carboxylic acids is 2. The number of aliphatic carboxylic acids is 2. The maximum Gasteiger partial charge on any atom is 0.409 e. The molecule has 3 N–H and O–H groups in total. The number of amides is 3. The van der Waals surface area contributed by atoms with Crippen molar-refractivity contribution in [2.75, 3.05) is 45.9 Å². The van der Waals surface area contributed by atoms with Crippen LogP contribution in [-0.4, -0.2) is 117 Å². The first-order chi connectivity index (χ1) is 22.0. The normalized spacial score (nSPS) is 16.4. The van der Waals surface area contributed by atoms with E-state index in [-0.39, 0.29) is 57.1 Å². The Morgan fingerprint density at radius 1 is 1.00 bits per heavy atom. The summed E-state index contributed by atoms with van der Waals surface area (Å²) in [6.45, 7) is 9.27. The van der Waals surface area contributed by atoms with Gasteiger partial charge in [-0.05, 0) is 63.4 Å². The Balaban J connectivity index is 1.61. The zero-order valence-corrected chi connectivity index (χ0v) is 26.6. The van der Waals surface area contributed by atoms with Gasteiger partial charge >= 0.3 is 18.0 Å². The highest BCUT2D eigenvalue weighted by Gasteiger charge is 2.47. The highest BCUT2D eigenvalue weighted by molar-refractivity contribution is 5.99. The minimum absolute atomic E-state index is 0.0980. The maximum absolute atomic E-state index is 13.6. The molecule has 1 saturated carbocycles. The second kappa shape index (κ2) is 15.2. The van der Waals surface area contributed by atoms with Crippen LogP contribution in [0.2, 0.25) is 0 Å². The van der Waals surface area contributed by atoms with E-state index in [4.69, 9.17) is 9.47 Å². The quantitative estimate of drug-likeness (QED) is 0.276. The average Bonchev–Trinajstić information content (AvgIpc) is 3.02. The van der Waals surface area contributed by atoms with Gasteiger partial charge in [-0.3, -0.25) is 19.3 Å². The SMILES string of the molecule is CCOC(=O)N1CCN(C(=O)C(CCC(=O)O)NC(=O)c2cc(OC3(C(=O)O)CCC3)c3cc(CN(CC)CC)ccc3n2)CC1. The van der Waals surface area contributed by atoms with Gasteiger partial charge in [0.05, 0.1) is 12.1 Å². The van der Waals surface area contributed by atoms with Gasteiger partial charge in [0.2, 0.25) is 11.5 Å². The summed E-state index contributed by atoms with van der Waals surface area (Å²) in [6.07, 6.45) is 0.334. The minimum Gasteiger partial charge on any atom is -0.481 e. The zero-order chi connectivity index (χ0) is 33.4. The molecule has 14 nitrogen and oxygen atoms in total. The van der Waals surface area contributed by atoms with Crippen LogP contribution < -0.4 is 10.1 Å². The van der Waals surface area contributed by atoms with Gasteiger partial charge in [-0.25, -0.2) is 14.6 Å². The number of rotatable bonds is 14. The van der Waals surface area contributed by atoms with Crippen LogP contribution in [0.5, 0.6) is 5.75 Å². The number of piperazine rings is 1. The van der Waals surface area contributed by atoms with Crippen molar-refractivity contribution in [1.82, 2.24) is 25.0 Å². The van der Waals surface area contributed by atoms with Crippen LogP contribution in [0.4, 0.5) is 4.79 Å². The molecule has 2 fully saturated rings. The number of fused-ring (bicyclic) bond motifs is 1. The van der Waals surface area contributed by atoms with Crippen molar-refractivity contribution in [2.24, 2.45) is 0 Å². The van der Waals surface area contributed by atoms with E-state index in [1.807, 2.05) is 12.1 Å². The number of pyridine rings is 1. The third-order valence-corrected chi connectivity index (χ3v) is 8.59. The smallest absolute Gasteiger partial charge is 0.409 e.